The summed E-state index contributed by atoms with van der Waals surface area (Å²) in [5, 5.41) is 5.87. The van der Waals surface area contributed by atoms with E-state index in [1.165, 1.54) is 25.3 Å². The zero-order valence-corrected chi connectivity index (χ0v) is 22.2. The van der Waals surface area contributed by atoms with E-state index in [1.54, 1.807) is 19.1 Å². The monoisotopic (exact) mass is 566 g/mol. The molecule has 1 atom stereocenters. The highest BCUT2D eigenvalue weighted by Gasteiger charge is 2.57. The molecular formula is C27H29ClF2N2O7. The number of carbonyl (C=O) groups excluding carboxylic acids is 3. The number of aryl methyl sites for hydroxylation is 1. The first-order valence-electron chi connectivity index (χ1n) is 12.4. The molecule has 2 amide bonds. The molecule has 3 saturated carbocycles. The van der Waals surface area contributed by atoms with E-state index in [9.17, 15) is 23.2 Å². The highest BCUT2D eigenvalue weighted by molar-refractivity contribution is 6.30. The number of methoxy groups -OCH3 is 1. The molecule has 0 spiro atoms. The molecule has 0 aliphatic heterocycles. The highest BCUT2D eigenvalue weighted by atomic mass is 35.5. The van der Waals surface area contributed by atoms with Crippen LogP contribution in [-0.2, 0) is 19.1 Å². The van der Waals surface area contributed by atoms with E-state index in [4.69, 9.17) is 25.8 Å². The molecule has 39 heavy (non-hydrogen) atoms. The maximum atomic E-state index is 13.8. The molecule has 2 aromatic carbocycles. The van der Waals surface area contributed by atoms with Crippen LogP contribution in [0.3, 0.4) is 0 Å². The average Bonchev–Trinajstić information content (AvgIpc) is 2.91. The number of nitrogens with one attached hydrogen (secondary N) is 2. The zero-order valence-electron chi connectivity index (χ0n) is 21.5. The van der Waals surface area contributed by atoms with Crippen LogP contribution in [0.15, 0.2) is 36.4 Å². The van der Waals surface area contributed by atoms with Gasteiger partial charge in [0.2, 0.25) is 0 Å². The van der Waals surface area contributed by atoms with Gasteiger partial charge in [-0.1, -0.05) is 17.7 Å². The largest absolute Gasteiger partial charge is 0.508 e. The van der Waals surface area contributed by atoms with E-state index in [2.05, 4.69) is 15.4 Å². The number of rotatable bonds is 9. The van der Waals surface area contributed by atoms with Gasteiger partial charge < -0.3 is 29.6 Å². The van der Waals surface area contributed by atoms with Gasteiger partial charge in [-0.05, 0) is 56.4 Å². The molecule has 2 aromatic rings. The molecule has 0 saturated heterocycles. The van der Waals surface area contributed by atoms with Crippen molar-refractivity contribution in [2.75, 3.05) is 20.3 Å². The SMILES string of the molecule is COC(=O)O[C@H]1CC2(NC(=O)COc3ccc(Cl)c(F)c3)CCC1(NC(=O)COc1ccc(C)c(F)c1)CC2. The Morgan fingerprint density at radius 3 is 2.10 bits per heavy atom. The van der Waals surface area contributed by atoms with Crippen LogP contribution < -0.4 is 20.1 Å². The van der Waals surface area contributed by atoms with Crippen LogP contribution in [0.1, 0.15) is 37.7 Å². The molecule has 3 fully saturated rings. The molecule has 2 N–H and O–H groups in total. The number of hydrogen-bond donors (Lipinski definition) is 2. The van der Waals surface area contributed by atoms with E-state index >= 15 is 0 Å². The minimum absolute atomic E-state index is 0.0575. The lowest BCUT2D eigenvalue weighted by atomic mass is 9.59. The van der Waals surface area contributed by atoms with Crippen molar-refractivity contribution in [3.63, 3.8) is 0 Å². The number of carbonyl (C=O) groups is 3. The van der Waals surface area contributed by atoms with Gasteiger partial charge in [0.1, 0.15) is 29.2 Å². The maximum Gasteiger partial charge on any atom is 0.508 e. The van der Waals surface area contributed by atoms with E-state index < -0.39 is 46.8 Å². The summed E-state index contributed by atoms with van der Waals surface area (Å²) in [4.78, 5) is 37.6. The summed E-state index contributed by atoms with van der Waals surface area (Å²) in [5.41, 5.74) is -1.14. The lowest BCUT2D eigenvalue weighted by molar-refractivity contribution is -0.138. The van der Waals surface area contributed by atoms with E-state index in [-0.39, 0.29) is 36.2 Å². The first kappa shape index (κ1) is 28.4. The van der Waals surface area contributed by atoms with Crippen LogP contribution >= 0.6 is 11.6 Å². The molecule has 3 aliphatic carbocycles. The lowest BCUT2D eigenvalue weighted by Crippen LogP contribution is -2.71. The standard InChI is InChI=1S/C27H29ClF2N2O7/c1-16-3-4-17(11-20(16)29)38-15-24(34)32-27-9-7-26(8-10-27,13-22(27)39-25(35)36-2)31-23(33)14-37-18-5-6-19(28)21(30)12-18/h3-6,11-12,22H,7-10,13-15H2,1-2H3,(H,31,33)(H,32,34)/t22-,26?,27?/m0/s1. The highest BCUT2D eigenvalue weighted by Crippen LogP contribution is 2.48. The average molecular weight is 567 g/mol. The van der Waals surface area contributed by atoms with Crippen LogP contribution in [0.5, 0.6) is 11.5 Å². The number of benzene rings is 2. The Kier molecular flexibility index (Phi) is 8.48. The van der Waals surface area contributed by atoms with Crippen LogP contribution in [0.4, 0.5) is 13.6 Å². The lowest BCUT2D eigenvalue weighted by Gasteiger charge is -2.56. The van der Waals surface area contributed by atoms with Crippen molar-refractivity contribution >= 4 is 29.6 Å². The summed E-state index contributed by atoms with van der Waals surface area (Å²) < 4.78 is 48.5. The van der Waals surface area contributed by atoms with Gasteiger partial charge >= 0.3 is 6.16 Å². The summed E-state index contributed by atoms with van der Waals surface area (Å²) in [5.74, 6) is -1.63. The van der Waals surface area contributed by atoms with Crippen molar-refractivity contribution < 1.29 is 42.1 Å². The van der Waals surface area contributed by atoms with Crippen LogP contribution in [-0.4, -0.2) is 55.5 Å². The van der Waals surface area contributed by atoms with Gasteiger partial charge in [-0.2, -0.15) is 0 Å². The fraction of sp³-hybridized carbons (Fsp3) is 0.444. The van der Waals surface area contributed by atoms with Crippen molar-refractivity contribution in [1.29, 1.82) is 0 Å². The fourth-order valence-corrected chi connectivity index (χ4v) is 5.24. The second-order valence-corrected chi connectivity index (χ2v) is 10.3. The molecule has 9 nitrogen and oxygen atoms in total. The fourth-order valence-electron chi connectivity index (χ4n) is 5.12. The van der Waals surface area contributed by atoms with Gasteiger partial charge in [-0.15, -0.1) is 0 Å². The van der Waals surface area contributed by atoms with Gasteiger partial charge in [0, 0.05) is 24.1 Å². The minimum Gasteiger partial charge on any atom is -0.484 e. The molecule has 0 heterocycles. The summed E-state index contributed by atoms with van der Waals surface area (Å²) in [6.45, 7) is 0.902. The van der Waals surface area contributed by atoms with Crippen molar-refractivity contribution in [3.05, 3.63) is 58.6 Å². The number of amides is 2. The Labute approximate surface area is 229 Å². The predicted octanol–water partition coefficient (Wildman–Crippen LogP) is 4.22. The second-order valence-electron chi connectivity index (χ2n) is 9.86. The number of hydrogen-bond acceptors (Lipinski definition) is 7. The molecule has 12 heteroatoms. The van der Waals surface area contributed by atoms with Crippen LogP contribution in [0.2, 0.25) is 5.02 Å². The summed E-state index contributed by atoms with van der Waals surface area (Å²) in [6.07, 6.45) is 0.334. The van der Waals surface area contributed by atoms with Crippen molar-refractivity contribution in [3.8, 4) is 11.5 Å². The second kappa shape index (κ2) is 11.6. The molecule has 3 aliphatic rings. The third-order valence-corrected chi connectivity index (χ3v) is 7.57. The Morgan fingerprint density at radius 2 is 1.51 bits per heavy atom. The molecule has 0 radical (unpaired) electrons. The minimum atomic E-state index is -0.915. The van der Waals surface area contributed by atoms with Gasteiger partial charge in [0.25, 0.3) is 11.8 Å². The smallest absolute Gasteiger partial charge is 0.484 e. The third kappa shape index (κ3) is 6.70. The van der Waals surface area contributed by atoms with E-state index in [1.807, 2.05) is 0 Å². The molecule has 0 aromatic heterocycles. The van der Waals surface area contributed by atoms with Crippen molar-refractivity contribution in [2.24, 2.45) is 0 Å². The van der Waals surface area contributed by atoms with E-state index in [0.717, 1.165) is 6.07 Å². The molecule has 5 rings (SSSR count). The third-order valence-electron chi connectivity index (χ3n) is 7.26. The molecule has 0 unspecified atom stereocenters. The van der Waals surface area contributed by atoms with Crippen LogP contribution in [0.25, 0.3) is 0 Å². The zero-order chi connectivity index (χ0) is 28.2. The normalized spacial score (nSPS) is 23.5. The van der Waals surface area contributed by atoms with Gasteiger partial charge in [-0.25, -0.2) is 13.6 Å². The summed E-state index contributed by atoms with van der Waals surface area (Å²) in [6, 6.07) is 8.20. The molecule has 2 bridgehead atoms. The number of ether oxygens (including phenoxy) is 4. The molecule has 210 valence electrons. The van der Waals surface area contributed by atoms with Gasteiger partial charge in [0.05, 0.1) is 17.7 Å². The predicted molar refractivity (Wildman–Crippen MR) is 136 cm³/mol. The first-order valence-corrected chi connectivity index (χ1v) is 12.7. The quantitative estimate of drug-likeness (QED) is 0.437. The summed E-state index contributed by atoms with van der Waals surface area (Å²) in [7, 11) is 1.18. The molecular weight excluding hydrogens is 538 g/mol. The van der Waals surface area contributed by atoms with Gasteiger partial charge in [0.15, 0.2) is 13.2 Å². The van der Waals surface area contributed by atoms with Crippen LogP contribution in [0, 0.1) is 18.6 Å². The van der Waals surface area contributed by atoms with Crippen molar-refractivity contribution in [2.45, 2.75) is 56.2 Å². The van der Waals surface area contributed by atoms with Crippen molar-refractivity contribution in [1.82, 2.24) is 10.6 Å². The van der Waals surface area contributed by atoms with E-state index in [0.29, 0.717) is 31.2 Å². The summed E-state index contributed by atoms with van der Waals surface area (Å²) >= 11 is 5.67. The first-order chi connectivity index (χ1) is 18.5. The Morgan fingerprint density at radius 1 is 0.923 bits per heavy atom. The topological polar surface area (TPSA) is 112 Å². The number of halogens is 3. The maximum absolute atomic E-state index is 13.8. The van der Waals surface area contributed by atoms with Gasteiger partial charge in [-0.3, -0.25) is 9.59 Å². The Hall–Kier alpha value is -3.60. The Bertz CT molecular complexity index is 1250. The Balaban J connectivity index is 1.38. The number of fused-ring (bicyclic) bond motifs is 3.